The first-order valence-electron chi connectivity index (χ1n) is 4.85. The fourth-order valence-electron chi connectivity index (χ4n) is 1.23. The number of benzene rings is 1. The number of nitrogens with one attached hydrogen (secondary N) is 1. The fourth-order valence-corrected chi connectivity index (χ4v) is 1.48. The lowest BCUT2D eigenvalue weighted by Gasteiger charge is -2.05. The maximum Gasteiger partial charge on any atom is 0.356 e. The Morgan fingerprint density at radius 3 is 2.61 bits per heavy atom. The average molecular weight is 312 g/mol. The second-order valence-corrected chi connectivity index (χ2v) is 4.22. The fraction of sp³-hybridized carbons (Fsp3) is 0. The Labute approximate surface area is 110 Å². The smallest absolute Gasteiger partial charge is 0.356 e. The molecule has 0 spiro atoms. The van der Waals surface area contributed by atoms with Gasteiger partial charge in [0.2, 0.25) is 0 Å². The van der Waals surface area contributed by atoms with Crippen molar-refractivity contribution in [3.8, 4) is 0 Å². The standard InChI is InChI=1S/C11H7BrFN3O2/c12-7-2-1-6(5-8(7)13)14-10-4-3-9(11(17)18)15-16-10/h1-5H,(H,14,16)(H,17,18). The van der Waals surface area contributed by atoms with E-state index in [0.29, 0.717) is 16.0 Å². The molecule has 2 aromatic rings. The van der Waals surface area contributed by atoms with Gasteiger partial charge in [-0.1, -0.05) is 0 Å². The van der Waals surface area contributed by atoms with Crippen LogP contribution in [0.2, 0.25) is 0 Å². The van der Waals surface area contributed by atoms with Gasteiger partial charge in [-0.25, -0.2) is 9.18 Å². The summed E-state index contributed by atoms with van der Waals surface area (Å²) in [6.45, 7) is 0. The minimum absolute atomic E-state index is 0.150. The minimum Gasteiger partial charge on any atom is -0.476 e. The normalized spacial score (nSPS) is 10.1. The Bertz CT molecular complexity index is 589. The topological polar surface area (TPSA) is 75.1 Å². The highest BCUT2D eigenvalue weighted by Gasteiger charge is 2.06. The van der Waals surface area contributed by atoms with Crippen LogP contribution in [0, 0.1) is 5.82 Å². The molecular weight excluding hydrogens is 305 g/mol. The third-order valence-corrected chi connectivity index (χ3v) is 2.72. The van der Waals surface area contributed by atoms with Gasteiger partial charge in [0.1, 0.15) is 5.82 Å². The van der Waals surface area contributed by atoms with Crippen LogP contribution >= 0.6 is 15.9 Å². The molecule has 92 valence electrons. The van der Waals surface area contributed by atoms with Gasteiger partial charge in [0.15, 0.2) is 11.5 Å². The summed E-state index contributed by atoms with van der Waals surface area (Å²) in [4.78, 5) is 10.6. The van der Waals surface area contributed by atoms with E-state index in [2.05, 4.69) is 31.4 Å². The van der Waals surface area contributed by atoms with Crippen molar-refractivity contribution < 1.29 is 14.3 Å². The Kier molecular flexibility index (Phi) is 3.52. The minimum atomic E-state index is -1.15. The van der Waals surface area contributed by atoms with Crippen molar-refractivity contribution in [3.63, 3.8) is 0 Å². The van der Waals surface area contributed by atoms with E-state index in [9.17, 15) is 9.18 Å². The molecule has 2 N–H and O–H groups in total. The van der Waals surface area contributed by atoms with Gasteiger partial charge in [-0.05, 0) is 46.3 Å². The zero-order chi connectivity index (χ0) is 13.1. The van der Waals surface area contributed by atoms with Crippen molar-refractivity contribution in [2.24, 2.45) is 0 Å². The Morgan fingerprint density at radius 2 is 2.06 bits per heavy atom. The van der Waals surface area contributed by atoms with Gasteiger partial charge in [0.25, 0.3) is 0 Å². The van der Waals surface area contributed by atoms with Gasteiger partial charge >= 0.3 is 5.97 Å². The lowest BCUT2D eigenvalue weighted by Crippen LogP contribution is -2.03. The van der Waals surface area contributed by atoms with Crippen LogP contribution in [-0.4, -0.2) is 21.3 Å². The van der Waals surface area contributed by atoms with E-state index in [1.54, 1.807) is 12.1 Å². The summed E-state index contributed by atoms with van der Waals surface area (Å²) in [5, 5.41) is 18.6. The quantitative estimate of drug-likeness (QED) is 0.911. The summed E-state index contributed by atoms with van der Waals surface area (Å²) < 4.78 is 13.6. The number of rotatable bonds is 3. The maximum absolute atomic E-state index is 13.3. The number of anilines is 2. The molecule has 0 aliphatic carbocycles. The molecule has 0 aliphatic heterocycles. The predicted molar refractivity (Wildman–Crippen MR) is 66.4 cm³/mol. The van der Waals surface area contributed by atoms with Crippen molar-refractivity contribution in [2.75, 3.05) is 5.32 Å². The summed E-state index contributed by atoms with van der Waals surface area (Å²) in [5.41, 5.74) is 0.343. The number of carboxylic acids is 1. The molecular formula is C11H7BrFN3O2. The molecule has 1 aromatic carbocycles. The Balaban J connectivity index is 2.18. The van der Waals surface area contributed by atoms with Crippen molar-refractivity contribution in [1.29, 1.82) is 0 Å². The highest BCUT2D eigenvalue weighted by molar-refractivity contribution is 9.10. The number of aromatic carboxylic acids is 1. The number of nitrogens with zero attached hydrogens (tertiary/aromatic N) is 2. The van der Waals surface area contributed by atoms with E-state index in [4.69, 9.17) is 5.11 Å². The molecule has 0 saturated heterocycles. The second kappa shape index (κ2) is 5.09. The number of carboxylic acid groups (broad SMARTS) is 1. The molecule has 0 fully saturated rings. The molecule has 7 heteroatoms. The summed E-state index contributed by atoms with van der Waals surface area (Å²) in [7, 11) is 0. The highest BCUT2D eigenvalue weighted by Crippen LogP contribution is 2.21. The van der Waals surface area contributed by atoms with E-state index in [-0.39, 0.29) is 5.69 Å². The van der Waals surface area contributed by atoms with Crippen molar-refractivity contribution in [2.45, 2.75) is 0 Å². The Hall–Kier alpha value is -2.02. The van der Waals surface area contributed by atoms with E-state index in [1.165, 1.54) is 18.2 Å². The van der Waals surface area contributed by atoms with Gasteiger partial charge in [-0.3, -0.25) is 0 Å². The van der Waals surface area contributed by atoms with Gasteiger partial charge < -0.3 is 10.4 Å². The van der Waals surface area contributed by atoms with Crippen LogP contribution in [0.5, 0.6) is 0 Å². The zero-order valence-electron chi connectivity index (χ0n) is 8.89. The van der Waals surface area contributed by atoms with Gasteiger partial charge in [-0.2, -0.15) is 0 Å². The first-order valence-corrected chi connectivity index (χ1v) is 5.64. The predicted octanol–water partition coefficient (Wildman–Crippen LogP) is 2.82. The van der Waals surface area contributed by atoms with Gasteiger partial charge in [0, 0.05) is 5.69 Å². The van der Waals surface area contributed by atoms with Crippen LogP contribution in [0.3, 0.4) is 0 Å². The molecule has 1 heterocycles. The number of halogens is 2. The lowest BCUT2D eigenvalue weighted by atomic mass is 10.3. The monoisotopic (exact) mass is 311 g/mol. The average Bonchev–Trinajstić information content (AvgIpc) is 2.34. The first-order chi connectivity index (χ1) is 8.56. The summed E-state index contributed by atoms with van der Waals surface area (Å²) >= 11 is 3.04. The van der Waals surface area contributed by atoms with Crippen molar-refractivity contribution in [3.05, 3.63) is 46.3 Å². The van der Waals surface area contributed by atoms with E-state index < -0.39 is 11.8 Å². The second-order valence-electron chi connectivity index (χ2n) is 3.36. The van der Waals surface area contributed by atoms with Crippen LogP contribution in [0.25, 0.3) is 0 Å². The molecule has 0 radical (unpaired) electrons. The molecule has 2 rings (SSSR count). The molecule has 5 nitrogen and oxygen atoms in total. The highest BCUT2D eigenvalue weighted by atomic mass is 79.9. The SMILES string of the molecule is O=C(O)c1ccc(Nc2ccc(Br)c(F)c2)nn1. The van der Waals surface area contributed by atoms with Crippen LogP contribution in [-0.2, 0) is 0 Å². The third-order valence-electron chi connectivity index (χ3n) is 2.08. The number of hydrogen-bond donors (Lipinski definition) is 2. The number of hydrogen-bond acceptors (Lipinski definition) is 4. The van der Waals surface area contributed by atoms with E-state index >= 15 is 0 Å². The molecule has 0 bridgehead atoms. The molecule has 1 aromatic heterocycles. The summed E-state index contributed by atoms with van der Waals surface area (Å²) in [6.07, 6.45) is 0. The maximum atomic E-state index is 13.3. The molecule has 18 heavy (non-hydrogen) atoms. The number of aromatic nitrogens is 2. The molecule has 0 aliphatic rings. The summed E-state index contributed by atoms with van der Waals surface area (Å²) in [5.74, 6) is -1.22. The molecule has 0 atom stereocenters. The Morgan fingerprint density at radius 1 is 1.28 bits per heavy atom. The van der Waals surface area contributed by atoms with E-state index in [0.717, 1.165) is 0 Å². The van der Waals surface area contributed by atoms with E-state index in [1.807, 2.05) is 0 Å². The molecule has 0 amide bonds. The van der Waals surface area contributed by atoms with Crippen LogP contribution in [0.4, 0.5) is 15.9 Å². The van der Waals surface area contributed by atoms with Crippen LogP contribution in [0.15, 0.2) is 34.8 Å². The largest absolute Gasteiger partial charge is 0.476 e. The third kappa shape index (κ3) is 2.80. The van der Waals surface area contributed by atoms with Crippen molar-refractivity contribution >= 4 is 33.4 Å². The molecule has 0 unspecified atom stereocenters. The number of carbonyl (C=O) groups is 1. The summed E-state index contributed by atoms with van der Waals surface area (Å²) in [6, 6.07) is 7.26. The first kappa shape index (κ1) is 12.4. The van der Waals surface area contributed by atoms with Crippen molar-refractivity contribution in [1.82, 2.24) is 10.2 Å². The zero-order valence-corrected chi connectivity index (χ0v) is 10.5. The van der Waals surface area contributed by atoms with Crippen LogP contribution in [0.1, 0.15) is 10.5 Å². The van der Waals surface area contributed by atoms with Gasteiger partial charge in [-0.15, -0.1) is 10.2 Å². The van der Waals surface area contributed by atoms with Crippen LogP contribution < -0.4 is 5.32 Å². The lowest BCUT2D eigenvalue weighted by molar-refractivity contribution is 0.0689. The van der Waals surface area contributed by atoms with Gasteiger partial charge in [0.05, 0.1) is 4.47 Å². The molecule has 0 saturated carbocycles.